The number of hydrogen-bond donors (Lipinski definition) is 2. The second-order valence-corrected chi connectivity index (χ2v) is 5.63. The Morgan fingerprint density at radius 3 is 2.57 bits per heavy atom. The summed E-state index contributed by atoms with van der Waals surface area (Å²) in [6.45, 7) is 3.45. The molecule has 0 aromatic heterocycles. The van der Waals surface area contributed by atoms with Crippen LogP contribution in [0.3, 0.4) is 0 Å². The van der Waals surface area contributed by atoms with E-state index < -0.39 is 23.4 Å². The van der Waals surface area contributed by atoms with E-state index in [9.17, 15) is 14.1 Å². The van der Waals surface area contributed by atoms with Crippen LogP contribution in [0.15, 0.2) is 29.2 Å². The first kappa shape index (κ1) is 17.8. The van der Waals surface area contributed by atoms with Crippen LogP contribution in [0.2, 0.25) is 0 Å². The van der Waals surface area contributed by atoms with Crippen molar-refractivity contribution in [2.45, 2.75) is 37.5 Å². The highest BCUT2D eigenvalue weighted by atomic mass is 32.2. The Balaban J connectivity index is 2.48. The first-order chi connectivity index (χ1) is 10.1. The minimum Gasteiger partial charge on any atom is -0.394 e. The Kier molecular flexibility index (Phi) is 8.14. The molecule has 0 spiro atoms. The number of aliphatic hydroxyl groups excluding tert-OH is 1. The van der Waals surface area contributed by atoms with Crippen LogP contribution in [0.1, 0.15) is 18.9 Å². The van der Waals surface area contributed by atoms with Gasteiger partial charge in [0, 0.05) is 0 Å². The minimum atomic E-state index is -1.62. The molecular formula is C14H21NO5S. The summed E-state index contributed by atoms with van der Waals surface area (Å²) in [6.07, 6.45) is -0.0719. The molecule has 7 heteroatoms. The van der Waals surface area contributed by atoms with Gasteiger partial charge < -0.3 is 15.2 Å². The third-order valence-corrected chi connectivity index (χ3v) is 3.77. The van der Waals surface area contributed by atoms with Crippen LogP contribution in [0.4, 0.5) is 0 Å². The number of benzene rings is 1. The van der Waals surface area contributed by atoms with E-state index >= 15 is 0 Å². The van der Waals surface area contributed by atoms with Crippen molar-refractivity contribution >= 4 is 17.5 Å². The predicted octanol–water partition coefficient (Wildman–Crippen LogP) is 0.894. The smallest absolute Gasteiger partial charge is 0.209 e. The van der Waals surface area contributed by atoms with E-state index in [-0.39, 0.29) is 13.2 Å². The number of aryl methyl sites for hydroxylation is 1. The van der Waals surface area contributed by atoms with Crippen LogP contribution in [-0.4, -0.2) is 41.3 Å². The largest absolute Gasteiger partial charge is 0.394 e. The first-order valence-corrected chi connectivity index (χ1v) is 7.75. The molecule has 0 heterocycles. The second kappa shape index (κ2) is 9.62. The summed E-state index contributed by atoms with van der Waals surface area (Å²) in [4.78, 5) is 10.9. The van der Waals surface area contributed by atoms with Crippen LogP contribution in [0.5, 0.6) is 0 Å². The molecule has 1 rings (SSSR count). The van der Waals surface area contributed by atoms with Gasteiger partial charge in [-0.05, 0) is 25.5 Å². The minimum absolute atomic E-state index is 0.0337. The lowest BCUT2D eigenvalue weighted by Gasteiger charge is -2.21. The van der Waals surface area contributed by atoms with Crippen LogP contribution < -0.4 is 5.32 Å². The topological polar surface area (TPSA) is 84.9 Å². The van der Waals surface area contributed by atoms with Gasteiger partial charge in [-0.25, -0.2) is 4.21 Å². The van der Waals surface area contributed by atoms with Gasteiger partial charge in [0.2, 0.25) is 6.41 Å². The van der Waals surface area contributed by atoms with Gasteiger partial charge in [-0.1, -0.05) is 24.6 Å². The van der Waals surface area contributed by atoms with E-state index in [1.807, 2.05) is 26.0 Å². The van der Waals surface area contributed by atoms with Crippen LogP contribution in [-0.2, 0) is 24.8 Å². The molecule has 21 heavy (non-hydrogen) atoms. The van der Waals surface area contributed by atoms with Gasteiger partial charge in [-0.2, -0.15) is 0 Å². The highest BCUT2D eigenvalue weighted by Crippen LogP contribution is 2.10. The average Bonchev–Trinajstić information content (AvgIpc) is 2.50. The molecule has 2 N–H and O–H groups in total. The van der Waals surface area contributed by atoms with E-state index in [2.05, 4.69) is 5.32 Å². The number of nitrogens with one attached hydrogen (secondary N) is 1. The quantitative estimate of drug-likeness (QED) is 0.495. The second-order valence-electron chi connectivity index (χ2n) is 4.45. The van der Waals surface area contributed by atoms with Crippen molar-refractivity contribution in [3.05, 3.63) is 29.8 Å². The summed E-state index contributed by atoms with van der Waals surface area (Å²) in [6, 6.07) is 7.14. The summed E-state index contributed by atoms with van der Waals surface area (Å²) < 4.78 is 22.6. The number of ether oxygens (including phenoxy) is 1. The maximum Gasteiger partial charge on any atom is 0.209 e. The fourth-order valence-electron chi connectivity index (χ4n) is 1.55. The molecule has 1 amide bonds. The lowest BCUT2D eigenvalue weighted by atomic mass is 10.2. The third-order valence-electron chi connectivity index (χ3n) is 2.76. The highest BCUT2D eigenvalue weighted by molar-refractivity contribution is 7.80. The van der Waals surface area contributed by atoms with E-state index in [0.29, 0.717) is 17.7 Å². The van der Waals surface area contributed by atoms with Gasteiger partial charge in [-0.15, -0.1) is 0 Å². The zero-order valence-corrected chi connectivity index (χ0v) is 13.0. The third kappa shape index (κ3) is 6.34. The Labute approximate surface area is 127 Å². The molecule has 1 unspecified atom stereocenters. The fourth-order valence-corrected chi connectivity index (χ4v) is 2.32. The molecule has 0 aliphatic carbocycles. The van der Waals surface area contributed by atoms with Crippen molar-refractivity contribution < 1.29 is 23.0 Å². The van der Waals surface area contributed by atoms with Crippen molar-refractivity contribution in [3.63, 3.8) is 0 Å². The summed E-state index contributed by atoms with van der Waals surface area (Å²) in [5, 5.41) is 11.7. The highest BCUT2D eigenvalue weighted by Gasteiger charge is 2.16. The molecule has 1 aromatic carbocycles. The molecule has 0 saturated carbocycles. The van der Waals surface area contributed by atoms with Gasteiger partial charge in [0.25, 0.3) is 0 Å². The predicted molar refractivity (Wildman–Crippen MR) is 78.8 cm³/mol. The molecule has 1 aromatic rings. The Morgan fingerprint density at radius 2 is 2.05 bits per heavy atom. The number of carbonyl (C=O) groups is 1. The van der Waals surface area contributed by atoms with Crippen molar-refractivity contribution in [2.75, 3.05) is 13.2 Å². The van der Waals surface area contributed by atoms with Gasteiger partial charge in [0.15, 0.2) is 11.1 Å². The van der Waals surface area contributed by atoms with Crippen LogP contribution >= 0.6 is 0 Å². The number of rotatable bonds is 10. The molecule has 118 valence electrons. The van der Waals surface area contributed by atoms with Crippen molar-refractivity contribution in [1.29, 1.82) is 0 Å². The maximum atomic E-state index is 11.9. The van der Waals surface area contributed by atoms with Gasteiger partial charge >= 0.3 is 0 Å². The summed E-state index contributed by atoms with van der Waals surface area (Å²) >= 11 is -1.62. The molecular weight excluding hydrogens is 294 g/mol. The fraction of sp³-hybridized carbons (Fsp3) is 0.500. The monoisotopic (exact) mass is 315 g/mol. The lowest BCUT2D eigenvalue weighted by Crippen LogP contribution is -2.37. The lowest BCUT2D eigenvalue weighted by molar-refractivity contribution is -0.118. The maximum absolute atomic E-state index is 11.9. The Morgan fingerprint density at radius 1 is 1.38 bits per heavy atom. The molecule has 0 fully saturated rings. The number of aliphatic hydroxyl groups is 1. The zero-order chi connectivity index (χ0) is 15.7. The van der Waals surface area contributed by atoms with Gasteiger partial charge in [0.1, 0.15) is 12.3 Å². The molecule has 3 atom stereocenters. The van der Waals surface area contributed by atoms with Crippen LogP contribution in [0, 0.1) is 6.92 Å². The number of amides is 1. The van der Waals surface area contributed by atoms with Gasteiger partial charge in [0.05, 0.1) is 18.1 Å². The van der Waals surface area contributed by atoms with E-state index in [1.54, 1.807) is 12.1 Å². The standard InChI is InChI=1S/C14H21NO5S/c1-3-14(15-10-17)20-12(8-16)9-19-21(18)13-6-4-11(2)5-7-13/h4-7,10,12,14,16H,3,8-9H2,1-2H3,(H,15,17)/t12-,14+,21?/m0/s1. The molecule has 6 nitrogen and oxygen atoms in total. The first-order valence-electron chi connectivity index (χ1n) is 6.68. The summed E-state index contributed by atoms with van der Waals surface area (Å²) in [5.74, 6) is 0. The van der Waals surface area contributed by atoms with Crippen molar-refractivity contribution in [2.24, 2.45) is 0 Å². The number of carbonyl (C=O) groups excluding carboxylic acids is 1. The summed E-state index contributed by atoms with van der Waals surface area (Å²) in [7, 11) is 0. The van der Waals surface area contributed by atoms with Gasteiger partial charge in [-0.3, -0.25) is 8.98 Å². The summed E-state index contributed by atoms with van der Waals surface area (Å²) in [5.41, 5.74) is 1.07. The zero-order valence-electron chi connectivity index (χ0n) is 12.2. The SMILES string of the molecule is CC[C@H](NC=O)O[C@@H](CO)COS(=O)c1ccc(C)cc1. The van der Waals surface area contributed by atoms with Crippen molar-refractivity contribution in [3.8, 4) is 0 Å². The molecule has 0 aliphatic heterocycles. The van der Waals surface area contributed by atoms with E-state index in [1.165, 1.54) is 0 Å². The van der Waals surface area contributed by atoms with Crippen LogP contribution in [0.25, 0.3) is 0 Å². The number of hydrogen-bond acceptors (Lipinski definition) is 5. The van der Waals surface area contributed by atoms with E-state index in [4.69, 9.17) is 8.92 Å². The van der Waals surface area contributed by atoms with Crippen molar-refractivity contribution in [1.82, 2.24) is 5.32 Å². The molecule has 0 radical (unpaired) electrons. The molecule has 0 saturated heterocycles. The normalized spacial score (nSPS) is 15.2. The average molecular weight is 315 g/mol. The molecule has 0 aliphatic rings. The Bertz CT molecular complexity index is 451. The Hall–Kier alpha value is -1.28. The van der Waals surface area contributed by atoms with E-state index in [0.717, 1.165) is 5.56 Å². The molecule has 0 bridgehead atoms.